The zero-order chi connectivity index (χ0) is 14.1. The van der Waals surface area contributed by atoms with E-state index in [2.05, 4.69) is 10.6 Å². The van der Waals surface area contributed by atoms with Gasteiger partial charge in [0.1, 0.15) is 0 Å². The molecule has 1 rings (SSSR count). The van der Waals surface area contributed by atoms with Crippen molar-refractivity contribution in [2.24, 2.45) is 0 Å². The van der Waals surface area contributed by atoms with Crippen molar-refractivity contribution in [3.05, 3.63) is 0 Å². The molecule has 1 saturated carbocycles. The lowest BCUT2D eigenvalue weighted by molar-refractivity contribution is -0.122. The lowest BCUT2D eigenvalue weighted by Crippen LogP contribution is -2.48. The first-order chi connectivity index (χ1) is 9.13. The highest BCUT2D eigenvalue weighted by Gasteiger charge is 2.21. The van der Waals surface area contributed by atoms with Gasteiger partial charge in [-0.3, -0.25) is 10.1 Å². The zero-order valence-corrected chi connectivity index (χ0v) is 12.0. The predicted octanol–water partition coefficient (Wildman–Crippen LogP) is 2.35. The normalized spacial score (nSPS) is 17.8. The van der Waals surface area contributed by atoms with Gasteiger partial charge in [0.25, 0.3) is 0 Å². The molecule has 1 atom stereocenters. The molecule has 1 aliphatic carbocycles. The van der Waals surface area contributed by atoms with Gasteiger partial charge in [0, 0.05) is 6.04 Å². The van der Waals surface area contributed by atoms with E-state index in [0.29, 0.717) is 12.6 Å². The second-order valence-corrected chi connectivity index (χ2v) is 5.20. The summed E-state index contributed by atoms with van der Waals surface area (Å²) in [6.07, 6.45) is 7.06. The Morgan fingerprint density at radius 3 is 2.58 bits per heavy atom. The first-order valence-electron chi connectivity index (χ1n) is 7.37. The Morgan fingerprint density at radius 2 is 1.95 bits per heavy atom. The molecule has 0 saturated heterocycles. The molecule has 0 aliphatic heterocycles. The summed E-state index contributed by atoms with van der Waals surface area (Å²) in [5.74, 6) is -0.313. The number of ether oxygens (including phenoxy) is 1. The van der Waals surface area contributed by atoms with E-state index in [4.69, 9.17) is 4.74 Å². The van der Waals surface area contributed by atoms with E-state index >= 15 is 0 Å². The molecule has 0 aromatic heterocycles. The van der Waals surface area contributed by atoms with E-state index in [9.17, 15) is 9.59 Å². The molecule has 110 valence electrons. The van der Waals surface area contributed by atoms with Crippen molar-refractivity contribution in [2.45, 2.75) is 70.9 Å². The highest BCUT2D eigenvalue weighted by atomic mass is 16.5. The first kappa shape index (κ1) is 16.0. The van der Waals surface area contributed by atoms with Gasteiger partial charge in [-0.1, -0.05) is 32.6 Å². The first-order valence-corrected chi connectivity index (χ1v) is 7.37. The van der Waals surface area contributed by atoms with Gasteiger partial charge >= 0.3 is 6.09 Å². The zero-order valence-electron chi connectivity index (χ0n) is 12.0. The Balaban J connectivity index is 2.21. The van der Waals surface area contributed by atoms with Gasteiger partial charge in [0.15, 0.2) is 0 Å². The van der Waals surface area contributed by atoms with E-state index in [-0.39, 0.29) is 11.9 Å². The van der Waals surface area contributed by atoms with Crippen LogP contribution in [0.5, 0.6) is 0 Å². The molecule has 1 fully saturated rings. The molecule has 5 heteroatoms. The third-order valence-electron chi connectivity index (χ3n) is 3.44. The molecule has 19 heavy (non-hydrogen) atoms. The van der Waals surface area contributed by atoms with E-state index in [0.717, 1.165) is 25.7 Å². The molecule has 0 spiro atoms. The summed E-state index contributed by atoms with van der Waals surface area (Å²) >= 11 is 0. The van der Waals surface area contributed by atoms with Crippen LogP contribution in [0.1, 0.15) is 58.8 Å². The Kier molecular flexibility index (Phi) is 7.48. The number of unbranched alkanes of at least 4 members (excludes halogenated alkanes) is 1. The molecular formula is C14H26N2O3. The minimum Gasteiger partial charge on any atom is -0.449 e. The predicted molar refractivity (Wildman–Crippen MR) is 73.9 cm³/mol. The average Bonchev–Trinajstić information content (AvgIpc) is 2.40. The van der Waals surface area contributed by atoms with Crippen LogP contribution in [0.2, 0.25) is 0 Å². The molecule has 0 heterocycles. The van der Waals surface area contributed by atoms with Gasteiger partial charge in [-0.25, -0.2) is 4.79 Å². The topological polar surface area (TPSA) is 67.4 Å². The van der Waals surface area contributed by atoms with Crippen LogP contribution in [0.25, 0.3) is 0 Å². The maximum absolute atomic E-state index is 11.8. The number of rotatable bonds is 6. The number of imide groups is 1. The summed E-state index contributed by atoms with van der Waals surface area (Å²) in [7, 11) is 0. The van der Waals surface area contributed by atoms with Gasteiger partial charge in [-0.05, 0) is 26.2 Å². The Bertz CT molecular complexity index is 288. The van der Waals surface area contributed by atoms with Crippen molar-refractivity contribution in [1.29, 1.82) is 0 Å². The van der Waals surface area contributed by atoms with Crippen LogP contribution in [0.4, 0.5) is 4.79 Å². The molecular weight excluding hydrogens is 244 g/mol. The number of carbonyl (C=O) groups is 2. The van der Waals surface area contributed by atoms with Crippen molar-refractivity contribution in [3.8, 4) is 0 Å². The van der Waals surface area contributed by atoms with Crippen LogP contribution < -0.4 is 10.6 Å². The lowest BCUT2D eigenvalue weighted by Gasteiger charge is -2.25. The number of hydrogen-bond donors (Lipinski definition) is 2. The lowest BCUT2D eigenvalue weighted by atomic mass is 9.95. The minimum absolute atomic E-state index is 0.313. The second-order valence-electron chi connectivity index (χ2n) is 5.20. The fourth-order valence-corrected chi connectivity index (χ4v) is 2.25. The third kappa shape index (κ3) is 6.57. The van der Waals surface area contributed by atoms with Crippen LogP contribution in [-0.4, -0.2) is 30.7 Å². The summed E-state index contributed by atoms with van der Waals surface area (Å²) < 4.78 is 4.89. The fraction of sp³-hybridized carbons (Fsp3) is 0.857. The van der Waals surface area contributed by atoms with Gasteiger partial charge < -0.3 is 10.1 Å². The summed E-state index contributed by atoms with van der Waals surface area (Å²) in [6.45, 7) is 4.16. The molecule has 5 nitrogen and oxygen atoms in total. The SMILES string of the molecule is CCCCOC(=O)NC(=O)[C@H](C)NC1CCCCC1. The number of nitrogens with one attached hydrogen (secondary N) is 2. The quantitative estimate of drug-likeness (QED) is 0.727. The maximum Gasteiger partial charge on any atom is 0.413 e. The van der Waals surface area contributed by atoms with Crippen LogP contribution >= 0.6 is 0 Å². The summed E-state index contributed by atoms with van der Waals surface area (Å²) in [4.78, 5) is 23.1. The molecule has 0 unspecified atom stereocenters. The van der Waals surface area contributed by atoms with Gasteiger partial charge in [-0.2, -0.15) is 0 Å². The molecule has 2 amide bonds. The number of carbonyl (C=O) groups excluding carboxylic acids is 2. The van der Waals surface area contributed by atoms with Crippen molar-refractivity contribution in [2.75, 3.05) is 6.61 Å². The van der Waals surface area contributed by atoms with Crippen LogP contribution in [0.15, 0.2) is 0 Å². The van der Waals surface area contributed by atoms with Crippen molar-refractivity contribution < 1.29 is 14.3 Å². The highest BCUT2D eigenvalue weighted by Crippen LogP contribution is 2.17. The summed E-state index contributed by atoms with van der Waals surface area (Å²) in [5, 5.41) is 5.54. The Hall–Kier alpha value is -1.10. The molecule has 0 radical (unpaired) electrons. The van der Waals surface area contributed by atoms with Crippen LogP contribution in [0, 0.1) is 0 Å². The standard InChI is InChI=1S/C14H26N2O3/c1-3-4-10-19-14(18)16-13(17)11(2)15-12-8-6-5-7-9-12/h11-12,15H,3-10H2,1-2H3,(H,16,17,18)/t11-/m0/s1. The largest absolute Gasteiger partial charge is 0.449 e. The van der Waals surface area contributed by atoms with Crippen molar-refractivity contribution in [3.63, 3.8) is 0 Å². The monoisotopic (exact) mass is 270 g/mol. The highest BCUT2D eigenvalue weighted by molar-refractivity contribution is 5.94. The molecule has 0 bridgehead atoms. The van der Waals surface area contributed by atoms with Crippen LogP contribution in [-0.2, 0) is 9.53 Å². The molecule has 0 aromatic rings. The Labute approximate surface area is 115 Å². The minimum atomic E-state index is -0.643. The third-order valence-corrected chi connectivity index (χ3v) is 3.44. The molecule has 0 aromatic carbocycles. The smallest absolute Gasteiger partial charge is 0.413 e. The van der Waals surface area contributed by atoms with E-state index < -0.39 is 6.09 Å². The van der Waals surface area contributed by atoms with E-state index in [1.165, 1.54) is 19.3 Å². The number of alkyl carbamates (subject to hydrolysis) is 1. The maximum atomic E-state index is 11.8. The van der Waals surface area contributed by atoms with E-state index in [1.54, 1.807) is 6.92 Å². The van der Waals surface area contributed by atoms with Gasteiger partial charge in [-0.15, -0.1) is 0 Å². The van der Waals surface area contributed by atoms with Crippen molar-refractivity contribution in [1.82, 2.24) is 10.6 Å². The number of amides is 2. The molecule has 1 aliphatic rings. The summed E-state index contributed by atoms with van der Waals surface area (Å²) in [5.41, 5.74) is 0. The molecule has 2 N–H and O–H groups in total. The van der Waals surface area contributed by atoms with Gasteiger partial charge in [0.05, 0.1) is 12.6 Å². The van der Waals surface area contributed by atoms with Crippen molar-refractivity contribution >= 4 is 12.0 Å². The van der Waals surface area contributed by atoms with Gasteiger partial charge in [0.2, 0.25) is 5.91 Å². The number of hydrogen-bond acceptors (Lipinski definition) is 4. The summed E-state index contributed by atoms with van der Waals surface area (Å²) in [6, 6.07) is 0.0347. The van der Waals surface area contributed by atoms with E-state index in [1.807, 2.05) is 6.92 Å². The average molecular weight is 270 g/mol. The fourth-order valence-electron chi connectivity index (χ4n) is 2.25. The van der Waals surface area contributed by atoms with Crippen LogP contribution in [0.3, 0.4) is 0 Å². The second kappa shape index (κ2) is 8.91. The Morgan fingerprint density at radius 1 is 1.26 bits per heavy atom.